The zero-order valence-corrected chi connectivity index (χ0v) is 30.6. The van der Waals surface area contributed by atoms with E-state index in [0.29, 0.717) is 37.2 Å². The molecule has 1 aromatic heterocycles. The van der Waals surface area contributed by atoms with Gasteiger partial charge in [0.2, 0.25) is 0 Å². The number of fused-ring (bicyclic) bond motifs is 1. The van der Waals surface area contributed by atoms with Crippen LogP contribution in [0.1, 0.15) is 97.1 Å². The molecule has 3 aliphatic heterocycles. The molecular weight excluding hydrogens is 624 g/mol. The van der Waals surface area contributed by atoms with Crippen LogP contribution in [0.15, 0.2) is 42.3 Å². The average Bonchev–Trinajstić information content (AvgIpc) is 3.69. The highest BCUT2D eigenvalue weighted by Crippen LogP contribution is 2.38. The molecule has 0 amide bonds. The minimum Gasteiger partial charge on any atom is -0.499 e. The second-order valence-electron chi connectivity index (χ2n) is 14.8. The number of methoxy groups -OCH3 is 1. The summed E-state index contributed by atoms with van der Waals surface area (Å²) in [6.07, 6.45) is 21.1. The van der Waals surface area contributed by atoms with Gasteiger partial charge in [0.15, 0.2) is 12.6 Å². The number of ether oxygens (including phenoxy) is 6. The van der Waals surface area contributed by atoms with Gasteiger partial charge in [-0.3, -0.25) is 9.48 Å². The number of carbonyl (C=O) groups is 1. The summed E-state index contributed by atoms with van der Waals surface area (Å²) in [6, 6.07) is 0.373. The molecule has 3 fully saturated rings. The minimum absolute atomic E-state index is 0.0652. The van der Waals surface area contributed by atoms with Crippen LogP contribution in [0.2, 0.25) is 0 Å². The van der Waals surface area contributed by atoms with E-state index in [4.69, 9.17) is 28.4 Å². The normalized spacial score (nSPS) is 36.4. The summed E-state index contributed by atoms with van der Waals surface area (Å²) in [4.78, 5) is 14.9. The SMILES string of the molecule is CO/C1=C\CC(=O)O[C@H](C)C/C=C/C=C/[C@H](O[C@H]2CC[C@H](N(C)C)[C@@H](C)O2)[C@H](C)C[C@@H]2C[C@H](OCc3cn(CC4CCCCC4)nn3)O[C@@H]12. The molecule has 1 aliphatic carbocycles. The molecule has 4 aliphatic rings. The summed E-state index contributed by atoms with van der Waals surface area (Å²) in [5, 5.41) is 8.76. The molecule has 0 aromatic carbocycles. The van der Waals surface area contributed by atoms with Crippen molar-refractivity contribution in [3.8, 4) is 0 Å². The summed E-state index contributed by atoms with van der Waals surface area (Å²) in [5.41, 5.74) is 0.794. The van der Waals surface area contributed by atoms with E-state index in [0.717, 1.165) is 31.5 Å². The zero-order valence-electron chi connectivity index (χ0n) is 30.6. The van der Waals surface area contributed by atoms with Gasteiger partial charge >= 0.3 is 5.97 Å². The molecule has 4 heterocycles. The molecule has 11 nitrogen and oxygen atoms in total. The number of cyclic esters (lactones) is 1. The van der Waals surface area contributed by atoms with Gasteiger partial charge in [0.1, 0.15) is 23.7 Å². The van der Waals surface area contributed by atoms with Crippen LogP contribution in [0.5, 0.6) is 0 Å². The molecule has 9 atom stereocenters. The lowest BCUT2D eigenvalue weighted by Crippen LogP contribution is -2.46. The van der Waals surface area contributed by atoms with E-state index in [2.05, 4.69) is 49.2 Å². The summed E-state index contributed by atoms with van der Waals surface area (Å²) in [5.74, 6) is 1.20. The molecule has 0 unspecified atom stereocenters. The molecular formula is C38H60N4O7. The third kappa shape index (κ3) is 11.2. The molecule has 11 heteroatoms. The Hall–Kier alpha value is -2.57. The molecule has 0 spiro atoms. The lowest BCUT2D eigenvalue weighted by molar-refractivity contribution is -0.224. The van der Waals surface area contributed by atoms with Gasteiger partial charge in [-0.15, -0.1) is 5.10 Å². The first-order valence-corrected chi connectivity index (χ1v) is 18.6. The van der Waals surface area contributed by atoms with Crippen molar-refractivity contribution >= 4 is 5.97 Å². The predicted molar refractivity (Wildman–Crippen MR) is 186 cm³/mol. The molecule has 0 N–H and O–H groups in total. The molecule has 1 saturated carbocycles. The summed E-state index contributed by atoms with van der Waals surface area (Å²) in [6.45, 7) is 7.48. The Balaban J connectivity index is 1.28. The third-order valence-electron chi connectivity index (χ3n) is 10.5. The van der Waals surface area contributed by atoms with Crippen molar-refractivity contribution in [2.45, 2.75) is 148 Å². The first-order chi connectivity index (χ1) is 23.7. The van der Waals surface area contributed by atoms with E-state index in [1.54, 1.807) is 13.2 Å². The van der Waals surface area contributed by atoms with Crippen LogP contribution in [0.25, 0.3) is 0 Å². The van der Waals surface area contributed by atoms with Crippen molar-refractivity contribution in [1.29, 1.82) is 0 Å². The van der Waals surface area contributed by atoms with Crippen molar-refractivity contribution in [2.75, 3.05) is 21.2 Å². The smallest absolute Gasteiger partial charge is 0.310 e. The number of rotatable bonds is 9. The first kappa shape index (κ1) is 37.7. The van der Waals surface area contributed by atoms with Crippen molar-refractivity contribution in [2.24, 2.45) is 17.8 Å². The molecule has 49 heavy (non-hydrogen) atoms. The van der Waals surface area contributed by atoms with Crippen LogP contribution in [-0.4, -0.2) is 90.1 Å². The van der Waals surface area contributed by atoms with Crippen molar-refractivity contribution < 1.29 is 33.2 Å². The van der Waals surface area contributed by atoms with Gasteiger partial charge in [0.25, 0.3) is 0 Å². The maximum absolute atomic E-state index is 12.7. The van der Waals surface area contributed by atoms with Gasteiger partial charge in [-0.2, -0.15) is 0 Å². The second kappa shape index (κ2) is 18.6. The van der Waals surface area contributed by atoms with Gasteiger partial charge in [-0.25, -0.2) is 0 Å². The quantitative estimate of drug-likeness (QED) is 0.274. The standard InChI is InChI=1S/C38H60N4O7/c1-26-21-30-22-37(45-25-31-24-42(40-39-31)23-29-14-10-8-11-15-29)49-38(30)34(44-6)18-19-35(43)46-27(2)13-9-7-12-16-33(26)48-36-20-17-32(41(4)5)28(3)47-36/h7,9,12,16,18,24,26-30,32-33,36-38H,8,10-11,13-15,17,19-23,25H2,1-6H3/b9-7+,16-12+,34-18-/t26-,27-,28-,30-,32+,33+,36+,37-,38-/m1/s1. The Morgan fingerprint density at radius 3 is 2.57 bits per heavy atom. The van der Waals surface area contributed by atoms with Crippen LogP contribution in [-0.2, 0) is 46.4 Å². The van der Waals surface area contributed by atoms with Crippen LogP contribution in [0, 0.1) is 17.8 Å². The molecule has 274 valence electrons. The van der Waals surface area contributed by atoms with E-state index < -0.39 is 6.29 Å². The van der Waals surface area contributed by atoms with Gasteiger partial charge in [0.05, 0.1) is 38.5 Å². The summed E-state index contributed by atoms with van der Waals surface area (Å²) in [7, 11) is 5.84. The topological polar surface area (TPSA) is 106 Å². The largest absolute Gasteiger partial charge is 0.499 e. The number of allylic oxidation sites excluding steroid dienone is 2. The predicted octanol–water partition coefficient (Wildman–Crippen LogP) is 6.34. The molecule has 0 bridgehead atoms. The van der Waals surface area contributed by atoms with Gasteiger partial charge in [-0.1, -0.05) is 55.7 Å². The fourth-order valence-electron chi connectivity index (χ4n) is 7.85. The zero-order chi connectivity index (χ0) is 34.8. The molecule has 2 saturated heterocycles. The number of nitrogens with zero attached hydrogens (tertiary/aromatic N) is 4. The molecule has 0 radical (unpaired) electrons. The number of hydrogen-bond acceptors (Lipinski definition) is 10. The lowest BCUT2D eigenvalue weighted by atomic mass is 9.86. The lowest BCUT2D eigenvalue weighted by Gasteiger charge is -2.39. The number of esters is 1. The van der Waals surface area contributed by atoms with Gasteiger partial charge < -0.3 is 33.3 Å². The highest BCUT2D eigenvalue weighted by Gasteiger charge is 2.41. The Labute approximate surface area is 293 Å². The van der Waals surface area contributed by atoms with Crippen LogP contribution in [0.3, 0.4) is 0 Å². The van der Waals surface area contributed by atoms with Crippen LogP contribution < -0.4 is 0 Å². The average molecular weight is 685 g/mol. The van der Waals surface area contributed by atoms with Crippen LogP contribution in [0.4, 0.5) is 0 Å². The highest BCUT2D eigenvalue weighted by molar-refractivity contribution is 5.71. The van der Waals surface area contributed by atoms with E-state index in [9.17, 15) is 4.79 Å². The highest BCUT2D eigenvalue weighted by atomic mass is 16.7. The van der Waals surface area contributed by atoms with Gasteiger partial charge in [0, 0.05) is 25.4 Å². The number of aromatic nitrogens is 3. The fourth-order valence-corrected chi connectivity index (χ4v) is 7.85. The van der Waals surface area contributed by atoms with E-state index >= 15 is 0 Å². The van der Waals surface area contributed by atoms with Crippen molar-refractivity contribution in [3.63, 3.8) is 0 Å². The number of likely N-dealkylation sites (N-methyl/N-ethyl adjacent to an activating group) is 1. The van der Waals surface area contributed by atoms with Crippen LogP contribution >= 0.6 is 0 Å². The van der Waals surface area contributed by atoms with E-state index in [1.165, 1.54) is 32.1 Å². The first-order valence-electron chi connectivity index (χ1n) is 18.6. The Morgan fingerprint density at radius 2 is 1.82 bits per heavy atom. The van der Waals surface area contributed by atoms with Gasteiger partial charge in [-0.05, 0) is 83.9 Å². The molecule has 1 aromatic rings. The third-order valence-corrected chi connectivity index (χ3v) is 10.5. The van der Waals surface area contributed by atoms with Crippen molar-refractivity contribution in [3.05, 3.63) is 48.0 Å². The Morgan fingerprint density at radius 1 is 1.00 bits per heavy atom. The maximum atomic E-state index is 12.7. The Kier molecular flexibility index (Phi) is 14.3. The Bertz CT molecular complexity index is 1260. The summed E-state index contributed by atoms with van der Waals surface area (Å²) >= 11 is 0. The van der Waals surface area contributed by atoms with E-state index in [-0.39, 0.29) is 54.9 Å². The fraction of sp³-hybridized carbons (Fsp3) is 0.763. The van der Waals surface area contributed by atoms with Crippen molar-refractivity contribution in [1.82, 2.24) is 19.9 Å². The maximum Gasteiger partial charge on any atom is 0.310 e. The monoisotopic (exact) mass is 684 g/mol. The minimum atomic E-state index is -0.457. The number of carbonyl (C=O) groups excluding carboxylic acids is 1. The van der Waals surface area contributed by atoms with E-state index in [1.807, 2.05) is 36.0 Å². The summed E-state index contributed by atoms with van der Waals surface area (Å²) < 4.78 is 39.4. The number of hydrogen-bond donors (Lipinski definition) is 0. The second-order valence-corrected chi connectivity index (χ2v) is 14.8. The molecule has 5 rings (SSSR count).